The summed E-state index contributed by atoms with van der Waals surface area (Å²) in [6.45, 7) is 0. The molecule has 1 aromatic carbocycles. The number of carbonyl (C=O) groups is 1. The second-order valence-electron chi connectivity index (χ2n) is 5.86. The van der Waals surface area contributed by atoms with Crippen molar-refractivity contribution in [1.82, 2.24) is 14.5 Å². The van der Waals surface area contributed by atoms with Crippen LogP contribution in [-0.4, -0.2) is 25.6 Å². The summed E-state index contributed by atoms with van der Waals surface area (Å²) in [5.41, 5.74) is 6.40. The lowest BCUT2D eigenvalue weighted by Crippen LogP contribution is -2.03. The van der Waals surface area contributed by atoms with Gasteiger partial charge in [-0.25, -0.2) is 9.78 Å². The van der Waals surface area contributed by atoms with Crippen molar-refractivity contribution in [2.45, 2.75) is 12.8 Å². The molecule has 0 atom stereocenters. The number of rotatable bonds is 3. The van der Waals surface area contributed by atoms with Crippen molar-refractivity contribution in [2.75, 3.05) is 0 Å². The Morgan fingerprint density at radius 1 is 1.30 bits per heavy atom. The van der Waals surface area contributed by atoms with Gasteiger partial charge < -0.3 is 9.67 Å². The molecule has 4 rings (SSSR count). The second kappa shape index (κ2) is 5.05. The summed E-state index contributed by atoms with van der Waals surface area (Å²) in [5.74, 6) is -0.894. The maximum atomic E-state index is 11.3. The molecular formula is C18H15N3O2. The lowest BCUT2D eigenvalue weighted by Gasteiger charge is -2.05. The monoisotopic (exact) mass is 305 g/mol. The molecule has 5 heteroatoms. The largest absolute Gasteiger partial charge is 0.478 e. The number of aromatic nitrogens is 3. The number of pyridine rings is 1. The zero-order valence-corrected chi connectivity index (χ0v) is 12.7. The number of benzene rings is 1. The first-order valence-electron chi connectivity index (χ1n) is 7.42. The average molecular weight is 305 g/mol. The van der Waals surface area contributed by atoms with Crippen LogP contribution in [0.25, 0.3) is 17.1 Å². The maximum Gasteiger partial charge on any atom is 0.336 e. The van der Waals surface area contributed by atoms with Gasteiger partial charge in [0.25, 0.3) is 0 Å². The van der Waals surface area contributed by atoms with Crippen molar-refractivity contribution < 1.29 is 9.90 Å². The van der Waals surface area contributed by atoms with E-state index in [-0.39, 0.29) is 0 Å². The number of aryl methyl sites for hydroxylation is 1. The standard InChI is InChI=1S/C18H15N3O2/c1-21-10-20-15-3-2-11(9-17(15)21)6-12-7-14-13(18(22)23)4-5-19-16(14)8-12/h2-5,8-10H,6-7H2,1H3,(H,22,23). The third-order valence-corrected chi connectivity index (χ3v) is 4.29. The van der Waals surface area contributed by atoms with E-state index in [1.807, 2.05) is 30.1 Å². The van der Waals surface area contributed by atoms with Gasteiger partial charge in [0.05, 0.1) is 28.6 Å². The highest BCUT2D eigenvalue weighted by molar-refractivity contribution is 5.91. The molecule has 0 saturated carbocycles. The molecule has 0 fully saturated rings. The lowest BCUT2D eigenvalue weighted by atomic mass is 10.0. The summed E-state index contributed by atoms with van der Waals surface area (Å²) in [4.78, 5) is 19.9. The van der Waals surface area contributed by atoms with Gasteiger partial charge in [-0.1, -0.05) is 11.6 Å². The fraction of sp³-hybridized carbons (Fsp3) is 0.167. The Kier molecular flexibility index (Phi) is 3.01. The Morgan fingerprint density at radius 3 is 3.00 bits per heavy atom. The van der Waals surface area contributed by atoms with Gasteiger partial charge in [0.15, 0.2) is 0 Å². The van der Waals surface area contributed by atoms with Crippen LogP contribution in [0.4, 0.5) is 0 Å². The highest BCUT2D eigenvalue weighted by Crippen LogP contribution is 2.29. The lowest BCUT2D eigenvalue weighted by molar-refractivity contribution is 0.0695. The number of hydrogen-bond acceptors (Lipinski definition) is 3. The smallest absolute Gasteiger partial charge is 0.336 e. The van der Waals surface area contributed by atoms with Crippen molar-refractivity contribution in [1.29, 1.82) is 0 Å². The summed E-state index contributed by atoms with van der Waals surface area (Å²) in [7, 11) is 1.98. The predicted molar refractivity (Wildman–Crippen MR) is 87.3 cm³/mol. The summed E-state index contributed by atoms with van der Waals surface area (Å²) < 4.78 is 2.00. The second-order valence-corrected chi connectivity index (χ2v) is 5.86. The summed E-state index contributed by atoms with van der Waals surface area (Å²) in [6.07, 6.45) is 6.81. The SMILES string of the molecule is Cn1cnc2ccc(CC3=Cc4nccc(C(=O)O)c4C3)cc21. The first-order valence-corrected chi connectivity index (χ1v) is 7.42. The van der Waals surface area contributed by atoms with Crippen LogP contribution in [0.15, 0.2) is 42.4 Å². The van der Waals surface area contributed by atoms with Crippen molar-refractivity contribution in [3.8, 4) is 0 Å². The van der Waals surface area contributed by atoms with E-state index < -0.39 is 5.97 Å². The van der Waals surface area contributed by atoms with Crippen molar-refractivity contribution >= 4 is 23.1 Å². The van der Waals surface area contributed by atoms with Crippen LogP contribution in [0.2, 0.25) is 0 Å². The molecule has 2 aromatic heterocycles. The van der Waals surface area contributed by atoms with Gasteiger partial charge in [-0.15, -0.1) is 0 Å². The Balaban J connectivity index is 1.64. The van der Waals surface area contributed by atoms with Crippen LogP contribution >= 0.6 is 0 Å². The summed E-state index contributed by atoms with van der Waals surface area (Å²) >= 11 is 0. The number of hydrogen-bond donors (Lipinski definition) is 1. The van der Waals surface area contributed by atoms with Crippen LogP contribution in [0.5, 0.6) is 0 Å². The molecule has 2 heterocycles. The molecule has 1 aliphatic rings. The minimum atomic E-state index is -0.894. The predicted octanol–water partition coefficient (Wildman–Crippen LogP) is 2.85. The number of imidazole rings is 1. The van der Waals surface area contributed by atoms with Crippen molar-refractivity contribution in [3.63, 3.8) is 0 Å². The van der Waals surface area contributed by atoms with Gasteiger partial charge in [0, 0.05) is 13.2 Å². The third-order valence-electron chi connectivity index (χ3n) is 4.29. The van der Waals surface area contributed by atoms with Gasteiger partial charge in [0.2, 0.25) is 0 Å². The Hall–Kier alpha value is -2.95. The Morgan fingerprint density at radius 2 is 2.17 bits per heavy atom. The molecule has 0 saturated heterocycles. The maximum absolute atomic E-state index is 11.3. The van der Waals surface area contributed by atoms with Crippen LogP contribution in [-0.2, 0) is 19.9 Å². The average Bonchev–Trinajstić information content (AvgIpc) is 3.10. The number of allylic oxidation sites excluding steroid dienone is 1. The van der Waals surface area contributed by atoms with E-state index in [2.05, 4.69) is 22.1 Å². The van der Waals surface area contributed by atoms with Crippen LogP contribution in [0, 0.1) is 0 Å². The fourth-order valence-electron chi connectivity index (χ4n) is 3.15. The van der Waals surface area contributed by atoms with E-state index in [0.717, 1.165) is 28.7 Å². The van der Waals surface area contributed by atoms with Crippen molar-refractivity contribution in [2.24, 2.45) is 7.05 Å². The summed E-state index contributed by atoms with van der Waals surface area (Å²) in [5, 5.41) is 9.29. The molecule has 3 aromatic rings. The van der Waals surface area contributed by atoms with Crippen molar-refractivity contribution in [3.05, 3.63) is 64.7 Å². The zero-order chi connectivity index (χ0) is 16.0. The molecule has 0 radical (unpaired) electrons. The van der Waals surface area contributed by atoms with Crippen LogP contribution in [0.3, 0.4) is 0 Å². The van der Waals surface area contributed by atoms with Gasteiger partial charge >= 0.3 is 5.97 Å². The van der Waals surface area contributed by atoms with E-state index in [1.54, 1.807) is 12.3 Å². The minimum Gasteiger partial charge on any atom is -0.478 e. The number of carboxylic acids is 1. The minimum absolute atomic E-state index is 0.350. The molecule has 114 valence electrons. The van der Waals surface area contributed by atoms with E-state index in [4.69, 9.17) is 0 Å². The fourth-order valence-corrected chi connectivity index (χ4v) is 3.15. The highest BCUT2D eigenvalue weighted by atomic mass is 16.4. The van der Waals surface area contributed by atoms with E-state index >= 15 is 0 Å². The molecule has 5 nitrogen and oxygen atoms in total. The Labute approximate surface area is 132 Å². The number of nitrogens with zero attached hydrogens (tertiary/aromatic N) is 3. The van der Waals surface area contributed by atoms with Gasteiger partial charge in [0.1, 0.15) is 0 Å². The van der Waals surface area contributed by atoms with Crippen LogP contribution in [0.1, 0.15) is 27.2 Å². The first kappa shape index (κ1) is 13.7. The zero-order valence-electron chi connectivity index (χ0n) is 12.7. The molecule has 0 unspecified atom stereocenters. The third kappa shape index (κ3) is 2.30. The molecule has 0 spiro atoms. The van der Waals surface area contributed by atoms with E-state index in [9.17, 15) is 9.90 Å². The molecule has 1 N–H and O–H groups in total. The summed E-state index contributed by atoms with van der Waals surface area (Å²) in [6, 6.07) is 7.80. The normalized spacial score (nSPS) is 13.2. The van der Waals surface area contributed by atoms with Gasteiger partial charge in [-0.05, 0) is 48.2 Å². The van der Waals surface area contributed by atoms with E-state index in [1.165, 1.54) is 11.1 Å². The highest BCUT2D eigenvalue weighted by Gasteiger charge is 2.20. The molecule has 0 bridgehead atoms. The van der Waals surface area contributed by atoms with Crippen LogP contribution < -0.4 is 0 Å². The van der Waals surface area contributed by atoms with Gasteiger partial charge in [-0.2, -0.15) is 0 Å². The number of fused-ring (bicyclic) bond motifs is 2. The molecule has 0 aliphatic heterocycles. The van der Waals surface area contributed by atoms with E-state index in [0.29, 0.717) is 12.0 Å². The number of aromatic carboxylic acids is 1. The molecule has 1 aliphatic carbocycles. The molecular weight excluding hydrogens is 290 g/mol. The quantitative estimate of drug-likeness (QED) is 0.808. The first-order chi connectivity index (χ1) is 11.1. The Bertz CT molecular complexity index is 970. The van der Waals surface area contributed by atoms with Gasteiger partial charge in [-0.3, -0.25) is 4.98 Å². The topological polar surface area (TPSA) is 68.0 Å². The molecule has 0 amide bonds. The molecule has 23 heavy (non-hydrogen) atoms. The number of carboxylic acid groups (broad SMARTS) is 1.